The second kappa shape index (κ2) is 12.2. The van der Waals surface area contributed by atoms with E-state index in [1.165, 1.54) is 6.92 Å². The van der Waals surface area contributed by atoms with Gasteiger partial charge in [0.2, 0.25) is 0 Å². The number of nitrogens with one attached hydrogen (secondary N) is 3. The highest BCUT2D eigenvalue weighted by atomic mass is 16.2. The molecule has 8 nitrogen and oxygen atoms in total. The molecule has 0 bridgehead atoms. The van der Waals surface area contributed by atoms with Crippen LogP contribution in [0.15, 0.2) is 65.8 Å². The smallest absolute Gasteiger partial charge is 0.335 e. The Bertz CT molecular complexity index is 860. The number of Topliss-reactive ketones (excluding diaryl/α,β-unsaturated/α-hetero) is 1. The van der Waals surface area contributed by atoms with Gasteiger partial charge in [-0.1, -0.05) is 74.0 Å². The third-order valence-corrected chi connectivity index (χ3v) is 4.50. The van der Waals surface area contributed by atoms with Crippen molar-refractivity contribution in [2.24, 2.45) is 10.8 Å². The van der Waals surface area contributed by atoms with E-state index in [0.717, 1.165) is 17.5 Å². The second-order valence-electron chi connectivity index (χ2n) is 7.12. The van der Waals surface area contributed by atoms with E-state index < -0.39 is 24.0 Å². The zero-order valence-electron chi connectivity index (χ0n) is 17.8. The number of carbonyl (C=O) groups is 3. The van der Waals surface area contributed by atoms with Crippen molar-refractivity contribution in [3.63, 3.8) is 0 Å². The average molecular weight is 424 g/mol. The van der Waals surface area contributed by atoms with Crippen LogP contribution in [0.3, 0.4) is 0 Å². The second-order valence-corrected chi connectivity index (χ2v) is 7.12. The molecule has 31 heavy (non-hydrogen) atoms. The van der Waals surface area contributed by atoms with E-state index in [9.17, 15) is 14.4 Å². The molecule has 0 aromatic heterocycles. The number of hydrogen-bond donors (Lipinski definition) is 4. The maximum atomic E-state index is 12.6. The lowest BCUT2D eigenvalue weighted by Gasteiger charge is -2.20. The molecule has 3 amide bonds. The molecule has 5 N–H and O–H groups in total. The summed E-state index contributed by atoms with van der Waals surface area (Å²) in [6, 6.07) is 17.4. The Balaban J connectivity index is 2.17. The maximum absolute atomic E-state index is 12.6. The largest absolute Gasteiger partial charge is 0.344 e. The van der Waals surface area contributed by atoms with Crippen molar-refractivity contribution in [2.75, 3.05) is 6.54 Å². The molecule has 0 radical (unpaired) electrons. The average Bonchev–Trinajstić information content (AvgIpc) is 2.77. The van der Waals surface area contributed by atoms with Crippen molar-refractivity contribution in [3.05, 3.63) is 71.8 Å². The van der Waals surface area contributed by atoms with E-state index in [1.807, 2.05) is 67.6 Å². The zero-order chi connectivity index (χ0) is 22.6. The number of hydrazone groups is 1. The molecular formula is C23H29N5O3. The summed E-state index contributed by atoms with van der Waals surface area (Å²) in [5.41, 5.74) is 10.2. The van der Waals surface area contributed by atoms with Crippen LogP contribution < -0.4 is 21.8 Å². The highest BCUT2D eigenvalue weighted by molar-refractivity contribution is 6.41. The predicted molar refractivity (Wildman–Crippen MR) is 120 cm³/mol. The first-order valence-electron chi connectivity index (χ1n) is 10.2. The van der Waals surface area contributed by atoms with Crippen LogP contribution in [0, 0.1) is 0 Å². The molecule has 0 aliphatic rings. The Kier molecular flexibility index (Phi) is 9.38. The third kappa shape index (κ3) is 7.67. The fourth-order valence-corrected chi connectivity index (χ4v) is 2.97. The first-order valence-corrected chi connectivity index (χ1v) is 10.2. The molecular weight excluding hydrogens is 394 g/mol. The summed E-state index contributed by atoms with van der Waals surface area (Å²) < 4.78 is 0. The molecule has 1 atom stereocenters. The van der Waals surface area contributed by atoms with E-state index in [2.05, 4.69) is 21.2 Å². The van der Waals surface area contributed by atoms with Gasteiger partial charge in [0.15, 0.2) is 0 Å². The maximum Gasteiger partial charge on any atom is 0.335 e. The topological polar surface area (TPSA) is 126 Å². The lowest BCUT2D eigenvalue weighted by atomic mass is 9.99. The zero-order valence-corrected chi connectivity index (χ0v) is 17.8. The molecule has 0 spiro atoms. The monoisotopic (exact) mass is 423 g/mol. The van der Waals surface area contributed by atoms with Gasteiger partial charge in [-0.05, 0) is 24.5 Å². The molecule has 0 aliphatic heterocycles. The van der Waals surface area contributed by atoms with Gasteiger partial charge < -0.3 is 16.4 Å². The normalized spacial score (nSPS) is 12.2. The molecule has 164 valence electrons. The Morgan fingerprint density at radius 2 is 1.52 bits per heavy atom. The number of nitrogens with zero attached hydrogens (tertiary/aromatic N) is 1. The SMILES string of the molecule is CCCC(N)/C(=N\NC(=O)NC(c1ccccc1)c1ccccc1)C(=O)NCC(C)=O. The molecule has 8 heteroatoms. The molecule has 1 unspecified atom stereocenters. The number of rotatable bonds is 10. The van der Waals surface area contributed by atoms with Crippen molar-refractivity contribution < 1.29 is 14.4 Å². The summed E-state index contributed by atoms with van der Waals surface area (Å²) in [4.78, 5) is 36.2. The third-order valence-electron chi connectivity index (χ3n) is 4.50. The van der Waals surface area contributed by atoms with Crippen LogP contribution in [-0.2, 0) is 9.59 Å². The van der Waals surface area contributed by atoms with Crippen molar-refractivity contribution in [1.29, 1.82) is 0 Å². The molecule has 0 heterocycles. The molecule has 2 aromatic rings. The number of ketones is 1. The molecule has 2 aromatic carbocycles. The molecule has 0 aliphatic carbocycles. The van der Waals surface area contributed by atoms with Gasteiger partial charge >= 0.3 is 6.03 Å². The van der Waals surface area contributed by atoms with Gasteiger partial charge in [0, 0.05) is 0 Å². The van der Waals surface area contributed by atoms with Gasteiger partial charge in [0.25, 0.3) is 5.91 Å². The van der Waals surface area contributed by atoms with Crippen molar-refractivity contribution in [1.82, 2.24) is 16.1 Å². The van der Waals surface area contributed by atoms with E-state index in [-0.39, 0.29) is 18.0 Å². The van der Waals surface area contributed by atoms with Crippen LogP contribution >= 0.6 is 0 Å². The molecule has 2 rings (SSSR count). The number of carbonyl (C=O) groups excluding carboxylic acids is 3. The van der Waals surface area contributed by atoms with Crippen molar-refractivity contribution >= 4 is 23.4 Å². The van der Waals surface area contributed by atoms with Gasteiger partial charge in [-0.25, -0.2) is 10.2 Å². The van der Waals surface area contributed by atoms with Crippen LogP contribution in [0.25, 0.3) is 0 Å². The first kappa shape index (κ1) is 23.8. The highest BCUT2D eigenvalue weighted by Gasteiger charge is 2.21. The van der Waals surface area contributed by atoms with Crippen LogP contribution in [0.4, 0.5) is 4.79 Å². The van der Waals surface area contributed by atoms with Gasteiger partial charge in [-0.15, -0.1) is 0 Å². The fraction of sp³-hybridized carbons (Fsp3) is 0.304. The van der Waals surface area contributed by atoms with Gasteiger partial charge in [-0.3, -0.25) is 9.59 Å². The fourth-order valence-electron chi connectivity index (χ4n) is 2.97. The number of hydrogen-bond acceptors (Lipinski definition) is 5. The lowest BCUT2D eigenvalue weighted by molar-refractivity contribution is -0.120. The minimum absolute atomic E-state index is 0.0331. The first-order chi connectivity index (χ1) is 14.9. The van der Waals surface area contributed by atoms with Gasteiger partial charge in [0.1, 0.15) is 11.5 Å². The highest BCUT2D eigenvalue weighted by Crippen LogP contribution is 2.21. The summed E-state index contributed by atoms with van der Waals surface area (Å²) in [5, 5.41) is 9.31. The quantitative estimate of drug-likeness (QED) is 0.345. The van der Waals surface area contributed by atoms with Crippen LogP contribution in [0.1, 0.15) is 43.9 Å². The summed E-state index contributed by atoms with van der Waals surface area (Å²) in [5.74, 6) is -0.782. The van der Waals surface area contributed by atoms with Crippen LogP contribution in [-0.4, -0.2) is 36.0 Å². The Morgan fingerprint density at radius 3 is 2.00 bits per heavy atom. The molecule has 0 saturated heterocycles. The van der Waals surface area contributed by atoms with E-state index in [0.29, 0.717) is 6.42 Å². The lowest BCUT2D eigenvalue weighted by Crippen LogP contribution is -2.46. The molecule has 0 fully saturated rings. The van der Waals surface area contributed by atoms with Crippen LogP contribution in [0.5, 0.6) is 0 Å². The minimum Gasteiger partial charge on any atom is -0.344 e. The summed E-state index contributed by atoms with van der Waals surface area (Å²) >= 11 is 0. The molecule has 0 saturated carbocycles. The van der Waals surface area contributed by atoms with Crippen molar-refractivity contribution in [3.8, 4) is 0 Å². The summed E-state index contributed by atoms with van der Waals surface area (Å²) in [6.45, 7) is 3.16. The summed E-state index contributed by atoms with van der Waals surface area (Å²) in [7, 11) is 0. The Hall–Kier alpha value is -3.52. The summed E-state index contributed by atoms with van der Waals surface area (Å²) in [6.07, 6.45) is 1.24. The van der Waals surface area contributed by atoms with Gasteiger partial charge in [-0.2, -0.15) is 5.10 Å². The standard InChI is InChI=1S/C23H29N5O3/c1-3-10-19(24)21(22(30)25-15-16(2)29)27-28-23(31)26-20(17-11-6-4-7-12-17)18-13-8-5-9-14-18/h4-9,11-14,19-20H,3,10,15,24H2,1-2H3,(H,25,30)(H2,26,28,31)/b27-21+. The van der Waals surface area contributed by atoms with Crippen LogP contribution in [0.2, 0.25) is 0 Å². The van der Waals surface area contributed by atoms with Gasteiger partial charge in [0.05, 0.1) is 18.6 Å². The number of nitrogens with two attached hydrogens (primary N) is 1. The number of urea groups is 1. The van der Waals surface area contributed by atoms with E-state index in [1.54, 1.807) is 0 Å². The van der Waals surface area contributed by atoms with E-state index >= 15 is 0 Å². The number of amides is 3. The minimum atomic E-state index is -0.670. The Labute approximate surface area is 182 Å². The predicted octanol–water partition coefficient (Wildman–Crippen LogP) is 2.26. The Morgan fingerprint density at radius 1 is 0.968 bits per heavy atom. The number of benzene rings is 2. The van der Waals surface area contributed by atoms with Crippen molar-refractivity contribution in [2.45, 2.75) is 38.8 Å². The van der Waals surface area contributed by atoms with E-state index in [4.69, 9.17) is 5.73 Å².